The molecule has 34 heavy (non-hydrogen) atoms. The average Bonchev–Trinajstić information content (AvgIpc) is 2.90. The maximum atomic E-state index is 13.3. The highest BCUT2D eigenvalue weighted by Crippen LogP contribution is 2.32. The SMILES string of the molecule is CN1C(=O)C(NC(=S)Nc2ccc(C#N)c(Cl)c2)N=C(c2ccccc2Cl)c2cc(Cl)ccc21. The lowest BCUT2D eigenvalue weighted by atomic mass is 10.00. The third-order valence-electron chi connectivity index (χ3n) is 5.14. The van der Waals surface area contributed by atoms with E-state index in [-0.39, 0.29) is 16.0 Å². The standard InChI is InChI=1S/C24H16Cl3N5OS/c1-32-20-9-7-14(25)10-17(20)21(16-4-2-3-5-18(16)26)30-22(23(32)33)31-24(34)29-15-8-6-13(12-28)19(27)11-15/h2-11,22H,1H3,(H2,29,31,34). The first-order chi connectivity index (χ1) is 16.3. The Hall–Kier alpha value is -3.15. The van der Waals surface area contributed by atoms with Crippen molar-refractivity contribution in [2.45, 2.75) is 6.17 Å². The van der Waals surface area contributed by atoms with Crippen LogP contribution in [0.25, 0.3) is 0 Å². The fourth-order valence-corrected chi connectivity index (χ4v) is 4.33. The topological polar surface area (TPSA) is 80.5 Å². The highest BCUT2D eigenvalue weighted by atomic mass is 35.5. The zero-order valence-corrected chi connectivity index (χ0v) is 20.7. The molecule has 6 nitrogen and oxygen atoms in total. The minimum atomic E-state index is -1.05. The van der Waals surface area contributed by atoms with Gasteiger partial charge in [0.2, 0.25) is 6.17 Å². The lowest BCUT2D eigenvalue weighted by Gasteiger charge is -2.22. The lowest BCUT2D eigenvalue weighted by molar-refractivity contribution is -0.119. The zero-order chi connectivity index (χ0) is 24.4. The van der Waals surface area contributed by atoms with E-state index >= 15 is 0 Å². The van der Waals surface area contributed by atoms with E-state index in [1.54, 1.807) is 49.5 Å². The van der Waals surface area contributed by atoms with Gasteiger partial charge in [-0.25, -0.2) is 4.99 Å². The Bertz CT molecular complexity index is 1390. The van der Waals surface area contributed by atoms with E-state index in [2.05, 4.69) is 10.6 Å². The van der Waals surface area contributed by atoms with E-state index in [9.17, 15) is 4.79 Å². The van der Waals surface area contributed by atoms with Gasteiger partial charge >= 0.3 is 0 Å². The minimum absolute atomic E-state index is 0.152. The van der Waals surface area contributed by atoms with E-state index in [1.807, 2.05) is 24.3 Å². The fourth-order valence-electron chi connectivity index (χ4n) is 3.48. The summed E-state index contributed by atoms with van der Waals surface area (Å²) in [5.74, 6) is -0.326. The summed E-state index contributed by atoms with van der Waals surface area (Å²) in [6.07, 6.45) is -1.05. The van der Waals surface area contributed by atoms with Crippen LogP contribution in [0.15, 0.2) is 65.7 Å². The Labute approximate surface area is 216 Å². The number of carbonyl (C=O) groups is 1. The molecule has 10 heteroatoms. The minimum Gasteiger partial charge on any atom is -0.333 e. The van der Waals surface area contributed by atoms with Crippen molar-refractivity contribution < 1.29 is 4.79 Å². The second-order valence-electron chi connectivity index (χ2n) is 7.32. The van der Waals surface area contributed by atoms with Crippen LogP contribution in [0, 0.1) is 11.3 Å². The summed E-state index contributed by atoms with van der Waals surface area (Å²) >= 11 is 24.3. The summed E-state index contributed by atoms with van der Waals surface area (Å²) in [5.41, 5.74) is 3.36. The predicted molar refractivity (Wildman–Crippen MR) is 141 cm³/mol. The molecule has 1 heterocycles. The highest BCUT2D eigenvalue weighted by Gasteiger charge is 2.31. The van der Waals surface area contributed by atoms with Gasteiger partial charge in [0.25, 0.3) is 5.91 Å². The van der Waals surface area contributed by atoms with Crippen LogP contribution in [0.1, 0.15) is 16.7 Å². The highest BCUT2D eigenvalue weighted by molar-refractivity contribution is 7.80. The number of fused-ring (bicyclic) bond motifs is 1. The van der Waals surface area contributed by atoms with Crippen LogP contribution in [-0.2, 0) is 4.79 Å². The number of nitrogens with zero attached hydrogens (tertiary/aromatic N) is 3. The molecule has 1 atom stereocenters. The second-order valence-corrected chi connectivity index (χ2v) is 8.98. The summed E-state index contributed by atoms with van der Waals surface area (Å²) in [6, 6.07) is 19.3. The number of likely N-dealkylation sites (N-methyl/N-ethyl adjacent to an activating group) is 1. The molecule has 2 N–H and O–H groups in total. The van der Waals surface area contributed by atoms with Crippen molar-refractivity contribution in [2.75, 3.05) is 17.3 Å². The number of halogens is 3. The molecule has 3 aromatic rings. The molecular weight excluding hydrogens is 513 g/mol. The van der Waals surface area contributed by atoms with Crippen LogP contribution in [0.4, 0.5) is 11.4 Å². The maximum absolute atomic E-state index is 13.3. The lowest BCUT2D eigenvalue weighted by Crippen LogP contribution is -2.47. The van der Waals surface area contributed by atoms with Gasteiger partial charge in [0.1, 0.15) is 6.07 Å². The van der Waals surface area contributed by atoms with E-state index in [0.717, 1.165) is 0 Å². The Morgan fingerprint density at radius 1 is 1.06 bits per heavy atom. The van der Waals surface area contributed by atoms with Gasteiger partial charge in [-0.2, -0.15) is 5.26 Å². The largest absolute Gasteiger partial charge is 0.333 e. The number of aliphatic imine (C=N–C) groups is 1. The molecule has 1 aliphatic rings. The van der Waals surface area contributed by atoms with Gasteiger partial charge in [0.15, 0.2) is 5.11 Å². The third kappa shape index (κ3) is 4.86. The Balaban J connectivity index is 1.71. The third-order valence-corrected chi connectivity index (χ3v) is 6.24. The summed E-state index contributed by atoms with van der Waals surface area (Å²) in [5, 5.41) is 16.4. The average molecular weight is 529 g/mol. The molecular formula is C24H16Cl3N5OS. The van der Waals surface area contributed by atoms with E-state index in [0.29, 0.717) is 43.8 Å². The maximum Gasteiger partial charge on any atom is 0.272 e. The van der Waals surface area contributed by atoms with Crippen molar-refractivity contribution in [3.05, 3.63) is 92.4 Å². The quantitative estimate of drug-likeness (QED) is 0.430. The van der Waals surface area contributed by atoms with Gasteiger partial charge in [-0.1, -0.05) is 53.0 Å². The van der Waals surface area contributed by atoms with Crippen LogP contribution >= 0.6 is 47.0 Å². The monoisotopic (exact) mass is 527 g/mol. The zero-order valence-electron chi connectivity index (χ0n) is 17.6. The summed E-state index contributed by atoms with van der Waals surface area (Å²) in [7, 11) is 1.66. The van der Waals surface area contributed by atoms with Gasteiger partial charge in [0, 0.05) is 33.9 Å². The molecule has 0 saturated heterocycles. The van der Waals surface area contributed by atoms with Crippen molar-refractivity contribution in [1.29, 1.82) is 5.26 Å². The van der Waals surface area contributed by atoms with Crippen molar-refractivity contribution >= 4 is 75.1 Å². The Morgan fingerprint density at radius 3 is 2.53 bits per heavy atom. The van der Waals surface area contributed by atoms with Crippen molar-refractivity contribution in [2.24, 2.45) is 4.99 Å². The first-order valence-electron chi connectivity index (χ1n) is 9.96. The number of hydrogen-bond acceptors (Lipinski definition) is 4. The Kier molecular flexibility index (Phi) is 7.05. The fraction of sp³-hybridized carbons (Fsp3) is 0.0833. The number of rotatable bonds is 3. The van der Waals surface area contributed by atoms with Crippen molar-refractivity contribution in [1.82, 2.24) is 5.32 Å². The molecule has 0 bridgehead atoms. The second kappa shape index (κ2) is 10.00. The summed E-state index contributed by atoms with van der Waals surface area (Å²) in [4.78, 5) is 19.5. The van der Waals surface area contributed by atoms with Crippen LogP contribution in [0.3, 0.4) is 0 Å². The molecule has 0 radical (unpaired) electrons. The van der Waals surface area contributed by atoms with E-state index in [4.69, 9.17) is 57.3 Å². The van der Waals surface area contributed by atoms with Crippen LogP contribution in [0.5, 0.6) is 0 Å². The molecule has 0 aromatic heterocycles. The number of amides is 1. The van der Waals surface area contributed by atoms with Crippen molar-refractivity contribution in [3.8, 4) is 6.07 Å². The van der Waals surface area contributed by atoms with Crippen LogP contribution < -0.4 is 15.5 Å². The first kappa shape index (κ1) is 24.0. The molecule has 0 fully saturated rings. The van der Waals surface area contributed by atoms with Gasteiger partial charge < -0.3 is 15.5 Å². The number of nitriles is 1. The number of thiocarbonyl (C=S) groups is 1. The number of benzodiazepines with no additional fused rings is 1. The van der Waals surface area contributed by atoms with Gasteiger partial charge in [0.05, 0.1) is 22.0 Å². The van der Waals surface area contributed by atoms with E-state index in [1.165, 1.54) is 4.90 Å². The molecule has 0 aliphatic carbocycles. The molecule has 4 rings (SSSR count). The molecule has 0 saturated carbocycles. The number of hydrogen-bond donors (Lipinski definition) is 2. The number of anilines is 2. The molecule has 0 spiro atoms. The number of carbonyl (C=O) groups excluding carboxylic acids is 1. The molecule has 1 aliphatic heterocycles. The number of nitrogens with one attached hydrogen (secondary N) is 2. The molecule has 170 valence electrons. The number of benzene rings is 3. The molecule has 1 amide bonds. The molecule has 3 aromatic carbocycles. The van der Waals surface area contributed by atoms with Crippen LogP contribution in [0.2, 0.25) is 15.1 Å². The van der Waals surface area contributed by atoms with E-state index < -0.39 is 6.17 Å². The van der Waals surface area contributed by atoms with Gasteiger partial charge in [-0.05, 0) is 54.7 Å². The molecule has 1 unspecified atom stereocenters. The van der Waals surface area contributed by atoms with Gasteiger partial charge in [-0.3, -0.25) is 4.79 Å². The normalized spacial score (nSPS) is 15.0. The smallest absolute Gasteiger partial charge is 0.272 e. The van der Waals surface area contributed by atoms with Crippen LogP contribution in [-0.4, -0.2) is 29.9 Å². The van der Waals surface area contributed by atoms with Gasteiger partial charge in [-0.15, -0.1) is 0 Å². The first-order valence-corrected chi connectivity index (χ1v) is 11.5. The summed E-state index contributed by atoms with van der Waals surface area (Å²) in [6.45, 7) is 0. The van der Waals surface area contributed by atoms with Crippen molar-refractivity contribution in [3.63, 3.8) is 0 Å². The predicted octanol–water partition coefficient (Wildman–Crippen LogP) is 5.64. The summed E-state index contributed by atoms with van der Waals surface area (Å²) < 4.78 is 0. The Morgan fingerprint density at radius 2 is 1.82 bits per heavy atom.